The maximum atomic E-state index is 12.7. The van der Waals surface area contributed by atoms with Crippen molar-refractivity contribution in [2.45, 2.75) is 225 Å². The first-order valence-electron chi connectivity index (χ1n) is 22.7. The van der Waals surface area contributed by atoms with E-state index in [2.05, 4.69) is 26.0 Å². The minimum atomic E-state index is -0.873. The average molecular weight is 767 g/mol. The van der Waals surface area contributed by atoms with Crippen LogP contribution in [-0.2, 0) is 28.6 Å². The monoisotopic (exact) mass is 767 g/mol. The van der Waals surface area contributed by atoms with Crippen LogP contribution in [0.1, 0.15) is 213 Å². The topological polar surface area (TPSA) is 99.1 Å². The molecule has 0 rings (SSSR count). The molecular formula is C46H88NO7+. The molecular weight excluding hydrogens is 679 g/mol. The summed E-state index contributed by atoms with van der Waals surface area (Å²) in [7, 11) is 5.53. The van der Waals surface area contributed by atoms with Crippen molar-refractivity contribution in [1.29, 1.82) is 0 Å². The Balaban J connectivity index is 4.26. The van der Waals surface area contributed by atoms with Crippen LogP contribution in [0.25, 0.3) is 0 Å². The maximum absolute atomic E-state index is 12.7. The van der Waals surface area contributed by atoms with E-state index in [9.17, 15) is 19.5 Å². The van der Waals surface area contributed by atoms with Crippen LogP contribution >= 0.6 is 0 Å². The number of carbonyl (C=O) groups is 3. The number of quaternary nitrogens is 1. The Labute approximate surface area is 333 Å². The van der Waals surface area contributed by atoms with Crippen molar-refractivity contribution in [2.24, 2.45) is 0 Å². The molecule has 8 nitrogen and oxygen atoms in total. The van der Waals surface area contributed by atoms with Crippen LogP contribution in [-0.4, -0.2) is 80.6 Å². The zero-order valence-corrected chi connectivity index (χ0v) is 36.2. The number of unbranched alkanes of at least 4 members (excludes halogenated alkanes) is 25. The lowest BCUT2D eigenvalue weighted by atomic mass is 10.1. The molecule has 0 aromatic carbocycles. The van der Waals surface area contributed by atoms with Crippen molar-refractivity contribution in [3.8, 4) is 0 Å². The Bertz CT molecular complexity index is 900. The summed E-state index contributed by atoms with van der Waals surface area (Å²) < 4.78 is 17.3. The second-order valence-electron chi connectivity index (χ2n) is 16.7. The summed E-state index contributed by atoms with van der Waals surface area (Å²) in [5.41, 5.74) is 0. The number of carbonyl (C=O) groups excluding carboxylic acids is 2. The van der Waals surface area contributed by atoms with Gasteiger partial charge in [-0.05, 0) is 38.5 Å². The van der Waals surface area contributed by atoms with E-state index in [1.807, 2.05) is 21.1 Å². The summed E-state index contributed by atoms with van der Waals surface area (Å²) in [5, 5.41) is 9.61. The van der Waals surface area contributed by atoms with E-state index < -0.39 is 18.1 Å². The van der Waals surface area contributed by atoms with Gasteiger partial charge in [-0.15, -0.1) is 0 Å². The van der Waals surface area contributed by atoms with Gasteiger partial charge in [0, 0.05) is 19.3 Å². The highest BCUT2D eigenvalue weighted by atomic mass is 16.6. The number of carboxylic acid groups (broad SMARTS) is 1. The Morgan fingerprint density at radius 1 is 0.537 bits per heavy atom. The fourth-order valence-corrected chi connectivity index (χ4v) is 6.85. The predicted octanol–water partition coefficient (Wildman–Crippen LogP) is 12.3. The smallest absolute Gasteiger partial charge is 0.362 e. The predicted molar refractivity (Wildman–Crippen MR) is 225 cm³/mol. The molecule has 0 heterocycles. The number of allylic oxidation sites excluding steroid dienone is 2. The van der Waals surface area contributed by atoms with Crippen molar-refractivity contribution in [3.05, 3.63) is 12.2 Å². The van der Waals surface area contributed by atoms with Crippen LogP contribution < -0.4 is 0 Å². The number of hydrogen-bond donors (Lipinski definition) is 1. The Kier molecular flexibility index (Phi) is 36.6. The molecule has 0 spiro atoms. The highest BCUT2D eigenvalue weighted by Gasteiger charge is 2.31. The number of hydrogen-bond acceptors (Lipinski definition) is 6. The summed E-state index contributed by atoms with van der Waals surface area (Å²) >= 11 is 0. The molecule has 2 atom stereocenters. The Hall–Kier alpha value is -1.93. The summed E-state index contributed by atoms with van der Waals surface area (Å²) in [6.07, 6.45) is 39.6. The van der Waals surface area contributed by atoms with Gasteiger partial charge in [-0.1, -0.05) is 167 Å². The van der Waals surface area contributed by atoms with E-state index in [0.717, 1.165) is 38.5 Å². The Morgan fingerprint density at radius 2 is 0.926 bits per heavy atom. The molecule has 54 heavy (non-hydrogen) atoms. The molecule has 0 radical (unpaired) electrons. The SMILES string of the molecule is CCCCCCCC/C=C\CCCCCCCCCCCC(=O)OC(COCCC(C(=O)O)[N+](C)(C)C)COC(=O)CCCCCCCCCCCCC. The molecule has 0 aromatic heterocycles. The number of likely N-dealkylation sites (N-methyl/N-ethyl adjacent to an activating group) is 1. The van der Waals surface area contributed by atoms with Gasteiger partial charge >= 0.3 is 17.9 Å². The van der Waals surface area contributed by atoms with Gasteiger partial charge in [0.1, 0.15) is 6.61 Å². The molecule has 318 valence electrons. The largest absolute Gasteiger partial charge is 0.477 e. The van der Waals surface area contributed by atoms with Crippen molar-refractivity contribution < 1.29 is 38.2 Å². The van der Waals surface area contributed by atoms with Gasteiger partial charge in [0.2, 0.25) is 0 Å². The number of rotatable bonds is 41. The van der Waals surface area contributed by atoms with Crippen LogP contribution in [0.5, 0.6) is 0 Å². The first-order valence-corrected chi connectivity index (χ1v) is 22.7. The average Bonchev–Trinajstić information content (AvgIpc) is 3.12. The third-order valence-corrected chi connectivity index (χ3v) is 10.4. The number of ether oxygens (including phenoxy) is 3. The van der Waals surface area contributed by atoms with E-state index in [4.69, 9.17) is 14.2 Å². The molecule has 1 N–H and O–H groups in total. The van der Waals surface area contributed by atoms with Gasteiger partial charge < -0.3 is 23.8 Å². The van der Waals surface area contributed by atoms with Gasteiger partial charge in [0.15, 0.2) is 12.1 Å². The molecule has 2 unspecified atom stereocenters. The summed E-state index contributed by atoms with van der Waals surface area (Å²) in [6, 6.07) is -0.610. The third kappa shape index (κ3) is 35.8. The number of aliphatic carboxylic acids is 1. The van der Waals surface area contributed by atoms with E-state index in [-0.39, 0.29) is 36.2 Å². The van der Waals surface area contributed by atoms with E-state index in [1.54, 1.807) is 0 Å². The molecule has 0 saturated carbocycles. The summed E-state index contributed by atoms with van der Waals surface area (Å²) in [6.45, 7) is 4.75. The lowest BCUT2D eigenvalue weighted by molar-refractivity contribution is -0.887. The Morgan fingerprint density at radius 3 is 1.33 bits per heavy atom. The standard InChI is InChI=1S/C46H87NO7/c1-6-8-10-12-14-16-18-19-20-21-22-23-24-25-27-29-31-33-35-37-45(49)54-42(40-52-39-38-43(46(50)51)47(3,4)5)41-53-44(48)36-34-32-30-28-26-17-15-13-11-9-7-2/h19-20,42-43H,6-18,21-41H2,1-5H3/p+1/b20-19-. The van der Waals surface area contributed by atoms with Crippen molar-refractivity contribution in [3.63, 3.8) is 0 Å². The minimum Gasteiger partial charge on any atom is -0.477 e. The molecule has 0 aromatic rings. The zero-order chi connectivity index (χ0) is 40.0. The molecule has 0 aliphatic rings. The third-order valence-electron chi connectivity index (χ3n) is 10.4. The zero-order valence-electron chi connectivity index (χ0n) is 36.2. The highest BCUT2D eigenvalue weighted by molar-refractivity contribution is 5.72. The normalized spacial score (nSPS) is 13.0. The van der Waals surface area contributed by atoms with E-state index in [0.29, 0.717) is 19.3 Å². The van der Waals surface area contributed by atoms with Gasteiger partial charge in [-0.25, -0.2) is 4.79 Å². The minimum absolute atomic E-state index is 0.0459. The van der Waals surface area contributed by atoms with Crippen LogP contribution in [0, 0.1) is 0 Å². The molecule has 0 fully saturated rings. The van der Waals surface area contributed by atoms with Crippen molar-refractivity contribution in [2.75, 3.05) is 41.0 Å². The number of carboxylic acids is 1. The summed E-state index contributed by atoms with van der Waals surface area (Å²) in [5.74, 6) is -1.46. The number of nitrogens with zero attached hydrogens (tertiary/aromatic N) is 1. The van der Waals surface area contributed by atoms with E-state index >= 15 is 0 Å². The first-order chi connectivity index (χ1) is 26.1. The van der Waals surface area contributed by atoms with Gasteiger partial charge in [0.25, 0.3) is 0 Å². The summed E-state index contributed by atoms with van der Waals surface area (Å²) in [4.78, 5) is 36.9. The molecule has 0 amide bonds. The van der Waals surface area contributed by atoms with Gasteiger partial charge in [-0.3, -0.25) is 9.59 Å². The lowest BCUT2D eigenvalue weighted by Crippen LogP contribution is -2.50. The quantitative estimate of drug-likeness (QED) is 0.0286. The fourth-order valence-electron chi connectivity index (χ4n) is 6.85. The molecule has 0 aliphatic heterocycles. The highest BCUT2D eigenvalue weighted by Crippen LogP contribution is 2.15. The van der Waals surface area contributed by atoms with Crippen LogP contribution in [0.15, 0.2) is 12.2 Å². The molecule has 0 aliphatic carbocycles. The second-order valence-corrected chi connectivity index (χ2v) is 16.7. The van der Waals surface area contributed by atoms with E-state index in [1.165, 1.54) is 141 Å². The van der Waals surface area contributed by atoms with Crippen molar-refractivity contribution in [1.82, 2.24) is 0 Å². The lowest BCUT2D eigenvalue weighted by Gasteiger charge is -2.31. The maximum Gasteiger partial charge on any atom is 0.362 e. The van der Waals surface area contributed by atoms with Crippen molar-refractivity contribution >= 4 is 17.9 Å². The van der Waals surface area contributed by atoms with Crippen LogP contribution in [0.4, 0.5) is 0 Å². The number of esters is 2. The first kappa shape index (κ1) is 52.1. The van der Waals surface area contributed by atoms with Gasteiger partial charge in [-0.2, -0.15) is 0 Å². The van der Waals surface area contributed by atoms with Gasteiger partial charge in [0.05, 0.1) is 34.4 Å². The molecule has 0 saturated heterocycles. The molecule has 0 bridgehead atoms. The van der Waals surface area contributed by atoms with Crippen LogP contribution in [0.2, 0.25) is 0 Å². The fraction of sp³-hybridized carbons (Fsp3) is 0.891. The second kappa shape index (κ2) is 38.0. The molecule has 8 heteroatoms. The van der Waals surface area contributed by atoms with Crippen LogP contribution in [0.3, 0.4) is 0 Å².